The molecular formula is C11H17N5. The van der Waals surface area contributed by atoms with Crippen molar-refractivity contribution in [1.82, 2.24) is 20.3 Å². The van der Waals surface area contributed by atoms with Crippen LogP contribution in [0.4, 0.5) is 0 Å². The Morgan fingerprint density at radius 3 is 3.06 bits per heavy atom. The van der Waals surface area contributed by atoms with Crippen LogP contribution < -0.4 is 5.32 Å². The van der Waals surface area contributed by atoms with Crippen molar-refractivity contribution in [3.05, 3.63) is 12.4 Å². The smallest absolute Gasteiger partial charge is 0.0692 e. The third-order valence-corrected chi connectivity index (χ3v) is 3.15. The zero-order chi connectivity index (χ0) is 11.2. The van der Waals surface area contributed by atoms with E-state index in [4.69, 9.17) is 5.26 Å². The molecule has 2 rings (SSSR count). The molecule has 2 unspecified atom stereocenters. The van der Waals surface area contributed by atoms with Gasteiger partial charge in [-0.25, -0.2) is 0 Å². The van der Waals surface area contributed by atoms with Gasteiger partial charge in [0, 0.05) is 18.8 Å². The molecule has 1 fully saturated rings. The van der Waals surface area contributed by atoms with Gasteiger partial charge in [0.2, 0.25) is 0 Å². The van der Waals surface area contributed by atoms with Crippen LogP contribution in [0.15, 0.2) is 12.4 Å². The molecule has 0 aromatic carbocycles. The number of hydrogen-bond acceptors (Lipinski definition) is 4. The second-order valence-electron chi connectivity index (χ2n) is 4.25. The highest BCUT2D eigenvalue weighted by Crippen LogP contribution is 2.23. The van der Waals surface area contributed by atoms with Crippen molar-refractivity contribution in [3.8, 4) is 6.07 Å². The van der Waals surface area contributed by atoms with E-state index in [2.05, 4.69) is 21.7 Å². The maximum atomic E-state index is 9.03. The summed E-state index contributed by atoms with van der Waals surface area (Å²) in [5.41, 5.74) is 0. The van der Waals surface area contributed by atoms with Gasteiger partial charge in [0.1, 0.15) is 0 Å². The van der Waals surface area contributed by atoms with E-state index in [0.717, 1.165) is 25.9 Å². The van der Waals surface area contributed by atoms with E-state index in [9.17, 15) is 0 Å². The lowest BCUT2D eigenvalue weighted by Gasteiger charge is -2.27. The van der Waals surface area contributed by atoms with Gasteiger partial charge in [-0.15, -0.1) is 5.10 Å². The summed E-state index contributed by atoms with van der Waals surface area (Å²) in [6.07, 6.45) is 8.12. The zero-order valence-corrected chi connectivity index (χ0v) is 9.34. The molecule has 0 aliphatic heterocycles. The van der Waals surface area contributed by atoms with E-state index >= 15 is 0 Å². The molecule has 5 nitrogen and oxygen atoms in total. The standard InChI is InChI=1S/C11H17N5/c12-9-10-3-1-2-4-11(10)13-5-7-16-8-6-14-15-16/h6,8,10-11,13H,1-5,7H2. The van der Waals surface area contributed by atoms with Crippen molar-refractivity contribution in [1.29, 1.82) is 5.26 Å². The summed E-state index contributed by atoms with van der Waals surface area (Å²) in [4.78, 5) is 0. The first-order valence-electron chi connectivity index (χ1n) is 5.87. The van der Waals surface area contributed by atoms with Gasteiger partial charge in [0.25, 0.3) is 0 Å². The van der Waals surface area contributed by atoms with E-state index in [1.807, 2.05) is 6.20 Å². The lowest BCUT2D eigenvalue weighted by atomic mass is 9.85. The summed E-state index contributed by atoms with van der Waals surface area (Å²) in [6.45, 7) is 1.67. The zero-order valence-electron chi connectivity index (χ0n) is 9.34. The molecular weight excluding hydrogens is 202 g/mol. The maximum Gasteiger partial charge on any atom is 0.0692 e. The predicted molar refractivity (Wildman–Crippen MR) is 59.4 cm³/mol. The molecule has 1 heterocycles. The first-order chi connectivity index (χ1) is 7.90. The van der Waals surface area contributed by atoms with Crippen molar-refractivity contribution in [2.24, 2.45) is 5.92 Å². The Hall–Kier alpha value is -1.41. The van der Waals surface area contributed by atoms with Crippen LogP contribution in [-0.4, -0.2) is 27.6 Å². The van der Waals surface area contributed by atoms with Crippen molar-refractivity contribution >= 4 is 0 Å². The van der Waals surface area contributed by atoms with Crippen LogP contribution in [0.1, 0.15) is 25.7 Å². The van der Waals surface area contributed by atoms with Gasteiger partial charge >= 0.3 is 0 Å². The minimum absolute atomic E-state index is 0.185. The highest BCUT2D eigenvalue weighted by Gasteiger charge is 2.23. The van der Waals surface area contributed by atoms with Crippen molar-refractivity contribution in [3.63, 3.8) is 0 Å². The SMILES string of the molecule is N#CC1CCCCC1NCCn1ccnn1. The van der Waals surface area contributed by atoms with Crippen molar-refractivity contribution < 1.29 is 0 Å². The molecule has 1 aromatic rings. The summed E-state index contributed by atoms with van der Waals surface area (Å²) >= 11 is 0. The van der Waals surface area contributed by atoms with Crippen LogP contribution in [0, 0.1) is 17.2 Å². The van der Waals surface area contributed by atoms with Crippen LogP contribution in [0.25, 0.3) is 0 Å². The number of nitrogens with zero attached hydrogens (tertiary/aromatic N) is 4. The molecule has 1 aliphatic rings. The minimum atomic E-state index is 0.185. The van der Waals surface area contributed by atoms with E-state index in [-0.39, 0.29) is 5.92 Å². The monoisotopic (exact) mass is 219 g/mol. The van der Waals surface area contributed by atoms with E-state index < -0.39 is 0 Å². The van der Waals surface area contributed by atoms with E-state index in [0.29, 0.717) is 6.04 Å². The minimum Gasteiger partial charge on any atom is -0.311 e. The molecule has 5 heteroatoms. The summed E-state index contributed by atoms with van der Waals surface area (Å²) in [6, 6.07) is 2.76. The van der Waals surface area contributed by atoms with Gasteiger partial charge in [-0.3, -0.25) is 4.68 Å². The highest BCUT2D eigenvalue weighted by atomic mass is 15.4. The number of nitriles is 1. The largest absolute Gasteiger partial charge is 0.311 e. The first-order valence-corrected chi connectivity index (χ1v) is 5.87. The number of hydrogen-bond donors (Lipinski definition) is 1. The van der Waals surface area contributed by atoms with Crippen molar-refractivity contribution in [2.45, 2.75) is 38.3 Å². The summed E-state index contributed by atoms with van der Waals surface area (Å²) in [7, 11) is 0. The van der Waals surface area contributed by atoms with Crippen LogP contribution in [0.5, 0.6) is 0 Å². The third kappa shape index (κ3) is 2.80. The normalized spacial score (nSPS) is 25.2. The first kappa shape index (κ1) is 11.1. The Morgan fingerprint density at radius 2 is 2.31 bits per heavy atom. The van der Waals surface area contributed by atoms with Gasteiger partial charge in [0.05, 0.1) is 24.7 Å². The molecule has 0 spiro atoms. The number of nitrogens with one attached hydrogen (secondary N) is 1. The molecule has 86 valence electrons. The molecule has 1 N–H and O–H groups in total. The van der Waals surface area contributed by atoms with Crippen LogP contribution in [-0.2, 0) is 6.54 Å². The van der Waals surface area contributed by atoms with E-state index in [1.165, 1.54) is 12.8 Å². The average molecular weight is 219 g/mol. The van der Waals surface area contributed by atoms with Crippen LogP contribution in [0.3, 0.4) is 0 Å². The number of aromatic nitrogens is 3. The molecule has 0 bridgehead atoms. The molecule has 1 aliphatic carbocycles. The van der Waals surface area contributed by atoms with Crippen molar-refractivity contribution in [2.75, 3.05) is 6.54 Å². The fourth-order valence-corrected chi connectivity index (χ4v) is 2.25. The fraction of sp³-hybridized carbons (Fsp3) is 0.727. The fourth-order valence-electron chi connectivity index (χ4n) is 2.25. The van der Waals surface area contributed by atoms with Gasteiger partial charge in [-0.05, 0) is 12.8 Å². The molecule has 0 amide bonds. The summed E-state index contributed by atoms with van der Waals surface area (Å²) < 4.78 is 1.80. The Morgan fingerprint density at radius 1 is 1.44 bits per heavy atom. The second kappa shape index (κ2) is 5.61. The molecule has 1 saturated carbocycles. The lowest BCUT2D eigenvalue weighted by Crippen LogP contribution is -2.39. The number of rotatable bonds is 4. The Kier molecular flexibility index (Phi) is 3.89. The summed E-state index contributed by atoms with van der Waals surface area (Å²) in [5, 5.41) is 20.1. The van der Waals surface area contributed by atoms with Gasteiger partial charge < -0.3 is 5.32 Å². The Labute approximate surface area is 95.4 Å². The van der Waals surface area contributed by atoms with Crippen LogP contribution in [0.2, 0.25) is 0 Å². The topological polar surface area (TPSA) is 66.5 Å². The Bertz CT molecular complexity index is 340. The molecule has 16 heavy (non-hydrogen) atoms. The molecule has 0 saturated heterocycles. The van der Waals surface area contributed by atoms with Gasteiger partial charge in [-0.1, -0.05) is 18.1 Å². The molecule has 0 radical (unpaired) electrons. The van der Waals surface area contributed by atoms with Crippen LogP contribution >= 0.6 is 0 Å². The third-order valence-electron chi connectivity index (χ3n) is 3.15. The van der Waals surface area contributed by atoms with Gasteiger partial charge in [0.15, 0.2) is 0 Å². The van der Waals surface area contributed by atoms with Gasteiger partial charge in [-0.2, -0.15) is 5.26 Å². The second-order valence-corrected chi connectivity index (χ2v) is 4.25. The molecule has 2 atom stereocenters. The maximum absolute atomic E-state index is 9.03. The van der Waals surface area contributed by atoms with E-state index in [1.54, 1.807) is 10.9 Å². The molecule has 1 aromatic heterocycles. The lowest BCUT2D eigenvalue weighted by molar-refractivity contribution is 0.307. The average Bonchev–Trinajstić information content (AvgIpc) is 2.83. The Balaban J connectivity index is 1.74. The highest BCUT2D eigenvalue weighted by molar-refractivity contribution is 4.94. The summed E-state index contributed by atoms with van der Waals surface area (Å²) in [5.74, 6) is 0.185. The predicted octanol–water partition coefficient (Wildman–Crippen LogP) is 0.950. The quantitative estimate of drug-likeness (QED) is 0.818.